The molecule has 0 unspecified atom stereocenters. The molecule has 138 valence electrons. The second kappa shape index (κ2) is 8.77. The summed E-state index contributed by atoms with van der Waals surface area (Å²) in [5, 5.41) is 14.0. The normalized spacial score (nSPS) is 16.0. The van der Waals surface area contributed by atoms with Gasteiger partial charge in [0.15, 0.2) is 5.75 Å². The molecule has 8 nitrogen and oxygen atoms in total. The fraction of sp³-hybridized carbons (Fsp3) is 0.588. The first kappa shape index (κ1) is 19.1. The first-order valence-corrected chi connectivity index (χ1v) is 8.44. The highest BCUT2D eigenvalue weighted by Gasteiger charge is 2.21. The Morgan fingerprint density at radius 1 is 1.28 bits per heavy atom. The second-order valence-electron chi connectivity index (χ2n) is 6.54. The average Bonchev–Trinajstić information content (AvgIpc) is 2.55. The van der Waals surface area contributed by atoms with Crippen molar-refractivity contribution in [3.05, 3.63) is 33.9 Å². The van der Waals surface area contributed by atoms with Crippen molar-refractivity contribution in [3.8, 4) is 5.75 Å². The van der Waals surface area contributed by atoms with E-state index in [0.29, 0.717) is 13.1 Å². The van der Waals surface area contributed by atoms with E-state index < -0.39 is 4.92 Å². The van der Waals surface area contributed by atoms with Gasteiger partial charge in [0, 0.05) is 44.8 Å². The van der Waals surface area contributed by atoms with Gasteiger partial charge in [-0.15, -0.1) is 0 Å². The van der Waals surface area contributed by atoms with Crippen LogP contribution in [0.15, 0.2) is 18.2 Å². The predicted octanol–water partition coefficient (Wildman–Crippen LogP) is 1.25. The van der Waals surface area contributed by atoms with Crippen molar-refractivity contribution in [2.75, 3.05) is 39.8 Å². The molecule has 8 heteroatoms. The number of hydrogen-bond acceptors (Lipinski definition) is 6. The Kier molecular flexibility index (Phi) is 6.72. The number of hydrogen-bond donors (Lipinski definition) is 1. The van der Waals surface area contributed by atoms with Crippen LogP contribution in [0.2, 0.25) is 0 Å². The lowest BCUT2D eigenvalue weighted by Crippen LogP contribution is -2.49. The largest absolute Gasteiger partial charge is 0.490 e. The zero-order chi connectivity index (χ0) is 18.4. The number of carbonyl (C=O) groups excluding carboxylic acids is 1. The number of benzene rings is 1. The van der Waals surface area contributed by atoms with Crippen molar-refractivity contribution < 1.29 is 14.5 Å². The van der Waals surface area contributed by atoms with Crippen molar-refractivity contribution in [2.45, 2.75) is 26.4 Å². The molecule has 2 rings (SSSR count). The molecule has 1 aromatic carbocycles. The van der Waals surface area contributed by atoms with Crippen LogP contribution in [0, 0.1) is 10.1 Å². The van der Waals surface area contributed by atoms with Crippen LogP contribution in [0.3, 0.4) is 0 Å². The van der Waals surface area contributed by atoms with Gasteiger partial charge in [0.25, 0.3) is 0 Å². The van der Waals surface area contributed by atoms with Gasteiger partial charge in [-0.3, -0.25) is 24.7 Å². The van der Waals surface area contributed by atoms with Crippen molar-refractivity contribution in [1.29, 1.82) is 0 Å². The van der Waals surface area contributed by atoms with Crippen LogP contribution < -0.4 is 10.1 Å². The maximum absolute atomic E-state index is 11.8. The summed E-state index contributed by atoms with van der Waals surface area (Å²) in [7, 11) is 1.43. The van der Waals surface area contributed by atoms with Crippen molar-refractivity contribution in [2.24, 2.45) is 0 Å². The Morgan fingerprint density at radius 2 is 1.92 bits per heavy atom. The molecule has 0 saturated carbocycles. The number of piperazine rings is 1. The van der Waals surface area contributed by atoms with Gasteiger partial charge in [-0.05, 0) is 25.5 Å². The number of nitro groups is 1. The zero-order valence-electron chi connectivity index (χ0n) is 15.0. The summed E-state index contributed by atoms with van der Waals surface area (Å²) in [5.41, 5.74) is 0.877. The predicted molar refractivity (Wildman–Crippen MR) is 94.6 cm³/mol. The van der Waals surface area contributed by atoms with Crippen LogP contribution in [-0.2, 0) is 11.3 Å². The second-order valence-corrected chi connectivity index (χ2v) is 6.54. The van der Waals surface area contributed by atoms with E-state index in [9.17, 15) is 14.9 Å². The van der Waals surface area contributed by atoms with Gasteiger partial charge in [-0.2, -0.15) is 0 Å². The van der Waals surface area contributed by atoms with Crippen LogP contribution in [-0.4, -0.2) is 66.5 Å². The van der Waals surface area contributed by atoms with Gasteiger partial charge in [-0.25, -0.2) is 0 Å². The monoisotopic (exact) mass is 350 g/mol. The summed E-state index contributed by atoms with van der Waals surface area (Å²) < 4.78 is 5.03. The third-order valence-electron chi connectivity index (χ3n) is 4.13. The van der Waals surface area contributed by atoms with E-state index in [2.05, 4.69) is 15.1 Å². The van der Waals surface area contributed by atoms with Gasteiger partial charge in [0.05, 0.1) is 18.6 Å². The highest BCUT2D eigenvalue weighted by atomic mass is 16.6. The summed E-state index contributed by atoms with van der Waals surface area (Å²) in [6, 6.07) is 5.22. The number of nitrogens with one attached hydrogen (secondary N) is 1. The minimum atomic E-state index is -0.423. The quantitative estimate of drug-likeness (QED) is 0.588. The molecular formula is C17H26N4O4. The Labute approximate surface area is 147 Å². The van der Waals surface area contributed by atoms with Crippen LogP contribution in [0.25, 0.3) is 0 Å². The zero-order valence-corrected chi connectivity index (χ0v) is 15.0. The summed E-state index contributed by atoms with van der Waals surface area (Å²) in [6.07, 6.45) is 0. The molecule has 1 N–H and O–H groups in total. The molecule has 0 aliphatic carbocycles. The molecule has 1 saturated heterocycles. The SMILES string of the molecule is COc1ccc(CN2CCN(CC(=O)NC(C)C)CC2)cc1[N+](=O)[O-]. The first-order chi connectivity index (χ1) is 11.9. The van der Waals surface area contributed by atoms with Gasteiger partial charge in [0.2, 0.25) is 5.91 Å². The maximum Gasteiger partial charge on any atom is 0.311 e. The fourth-order valence-electron chi connectivity index (χ4n) is 2.91. The minimum absolute atomic E-state index is 0.0102. The standard InChI is InChI=1S/C17H26N4O4/c1-13(2)18-17(22)12-20-8-6-19(7-9-20)11-14-4-5-16(25-3)15(10-14)21(23)24/h4-5,10,13H,6-9,11-12H2,1-3H3,(H,18,22). The van der Waals surface area contributed by atoms with E-state index in [-0.39, 0.29) is 23.4 Å². The van der Waals surface area contributed by atoms with Gasteiger partial charge in [-0.1, -0.05) is 6.07 Å². The van der Waals surface area contributed by atoms with Crippen LogP contribution in [0.5, 0.6) is 5.75 Å². The number of rotatable bonds is 7. The van der Waals surface area contributed by atoms with Crippen molar-refractivity contribution >= 4 is 11.6 Å². The van der Waals surface area contributed by atoms with E-state index in [1.54, 1.807) is 12.1 Å². The molecule has 0 radical (unpaired) electrons. The summed E-state index contributed by atoms with van der Waals surface area (Å²) in [6.45, 7) is 8.24. The smallest absolute Gasteiger partial charge is 0.311 e. The summed E-state index contributed by atoms with van der Waals surface area (Å²) >= 11 is 0. The molecule has 1 amide bonds. The molecular weight excluding hydrogens is 324 g/mol. The topological polar surface area (TPSA) is 88.0 Å². The lowest BCUT2D eigenvalue weighted by molar-refractivity contribution is -0.385. The number of carbonyl (C=O) groups is 1. The number of nitro benzene ring substituents is 1. The maximum atomic E-state index is 11.8. The molecule has 1 aliphatic rings. The van der Waals surface area contributed by atoms with E-state index in [1.165, 1.54) is 7.11 Å². The lowest BCUT2D eigenvalue weighted by Gasteiger charge is -2.34. The van der Waals surface area contributed by atoms with Crippen LogP contribution >= 0.6 is 0 Å². The van der Waals surface area contributed by atoms with Crippen LogP contribution in [0.1, 0.15) is 19.4 Å². The van der Waals surface area contributed by atoms with E-state index in [1.807, 2.05) is 19.9 Å². The van der Waals surface area contributed by atoms with Gasteiger partial charge < -0.3 is 10.1 Å². The first-order valence-electron chi connectivity index (χ1n) is 8.44. The molecule has 0 atom stereocenters. The Hall–Kier alpha value is -2.19. The number of ether oxygens (including phenoxy) is 1. The average molecular weight is 350 g/mol. The third-order valence-corrected chi connectivity index (χ3v) is 4.13. The lowest BCUT2D eigenvalue weighted by atomic mass is 10.1. The van der Waals surface area contributed by atoms with Gasteiger partial charge >= 0.3 is 5.69 Å². The molecule has 1 aliphatic heterocycles. The highest BCUT2D eigenvalue weighted by Crippen LogP contribution is 2.28. The van der Waals surface area contributed by atoms with E-state index in [0.717, 1.165) is 31.7 Å². The molecule has 1 heterocycles. The minimum Gasteiger partial charge on any atom is -0.490 e. The Morgan fingerprint density at radius 3 is 2.48 bits per heavy atom. The van der Waals surface area contributed by atoms with Crippen molar-refractivity contribution in [1.82, 2.24) is 15.1 Å². The summed E-state index contributed by atoms with van der Waals surface area (Å²) in [5.74, 6) is 0.323. The van der Waals surface area contributed by atoms with Crippen LogP contribution in [0.4, 0.5) is 5.69 Å². The Balaban J connectivity index is 1.87. The van der Waals surface area contributed by atoms with E-state index >= 15 is 0 Å². The molecule has 0 aromatic heterocycles. The molecule has 1 fully saturated rings. The number of amides is 1. The third kappa shape index (κ3) is 5.68. The highest BCUT2D eigenvalue weighted by molar-refractivity contribution is 5.78. The molecule has 0 spiro atoms. The Bertz CT molecular complexity index is 613. The molecule has 0 bridgehead atoms. The number of nitrogens with zero attached hydrogens (tertiary/aromatic N) is 3. The molecule has 25 heavy (non-hydrogen) atoms. The fourth-order valence-corrected chi connectivity index (χ4v) is 2.91. The van der Waals surface area contributed by atoms with Crippen molar-refractivity contribution in [3.63, 3.8) is 0 Å². The number of methoxy groups -OCH3 is 1. The van der Waals surface area contributed by atoms with Gasteiger partial charge in [0.1, 0.15) is 0 Å². The molecule has 1 aromatic rings. The summed E-state index contributed by atoms with van der Waals surface area (Å²) in [4.78, 5) is 26.9. The van der Waals surface area contributed by atoms with E-state index in [4.69, 9.17) is 4.74 Å².